The van der Waals surface area contributed by atoms with Gasteiger partial charge in [0.15, 0.2) is 175 Å². The van der Waals surface area contributed by atoms with Gasteiger partial charge in [-0.15, -0.1) is 0 Å². The summed E-state index contributed by atoms with van der Waals surface area (Å²) < 4.78 is 403. The number of halogens is 30. The van der Waals surface area contributed by atoms with Gasteiger partial charge in [0.25, 0.3) is 0 Å². The predicted molar refractivity (Wildman–Crippen MR) is 291 cm³/mol. The number of phenolic OH excluding ortho intramolecular Hbond substituents is 1. The lowest BCUT2D eigenvalue weighted by molar-refractivity contribution is 0.380. The van der Waals surface area contributed by atoms with E-state index in [0.717, 1.165) is 23.5 Å². The smallest absolute Gasteiger partial charge is 0.413 e. The second kappa shape index (κ2) is 33.9. The van der Waals surface area contributed by atoms with Gasteiger partial charge in [-0.25, -0.2) is 137 Å². The third kappa shape index (κ3) is 16.5. The summed E-state index contributed by atoms with van der Waals surface area (Å²) in [6.07, 6.45) is 23.9. The van der Waals surface area contributed by atoms with Crippen molar-refractivity contribution >= 4 is 54.8 Å². The number of nitrogens with zero attached hydrogens (tertiary/aromatic N) is 1. The highest BCUT2D eigenvalue weighted by atomic mass is 27.2. The van der Waals surface area contributed by atoms with Gasteiger partial charge in [-0.2, -0.15) is 0 Å². The van der Waals surface area contributed by atoms with Crippen molar-refractivity contribution < 1.29 is 137 Å². The quantitative estimate of drug-likeness (QED) is 0.0220. The zero-order valence-electron chi connectivity index (χ0n) is 49.1. The van der Waals surface area contributed by atoms with Gasteiger partial charge < -0.3 is 10.1 Å². The number of aromatic hydroxyl groups is 1. The van der Waals surface area contributed by atoms with Crippen LogP contribution in [0, 0.1) is 175 Å². The summed E-state index contributed by atoms with van der Waals surface area (Å²) in [5, 5.41) is 9.38. The summed E-state index contributed by atoms with van der Waals surface area (Å²) in [4.78, 5) is 7.97. The van der Waals surface area contributed by atoms with Crippen LogP contribution >= 0.6 is 0 Å². The van der Waals surface area contributed by atoms with Crippen LogP contribution in [0.25, 0.3) is 11.3 Å². The van der Waals surface area contributed by atoms with E-state index >= 15 is 0 Å². The maximum atomic E-state index is 14.4. The molecule has 0 atom stereocenters. The number of benzene rings is 7. The lowest BCUT2D eigenvalue weighted by Gasteiger charge is -2.20. The Kier molecular flexibility index (Phi) is 27.4. The van der Waals surface area contributed by atoms with Crippen molar-refractivity contribution in [3.05, 3.63) is 211 Å². The first-order valence-electron chi connectivity index (χ1n) is 28.5. The molecule has 0 saturated heterocycles. The minimum Gasteiger partial charge on any atom is -0.508 e. The standard InChI is InChI=1S/C26H42N2O.6C6F5.2Al/c1-2-3-4-5-6-7-8-9-10-11-12-13-14-15-16-17-26-27-22-25(28-26)23-18-20-24(29)21-19-23;6*7-2-1-3(8)5(10)6(11)4(2)9;;/h18-22,29H,2-17H2,1H3,(H,27,28);;;;;;;;. The van der Waals surface area contributed by atoms with E-state index in [9.17, 15) is 137 Å². The molecule has 1 aromatic heterocycles. The Balaban J connectivity index is 0.000000231. The highest BCUT2D eigenvalue weighted by Crippen LogP contribution is 2.28. The van der Waals surface area contributed by atoms with E-state index in [4.69, 9.17) is 0 Å². The van der Waals surface area contributed by atoms with Crippen LogP contribution in [0.3, 0.4) is 0 Å². The Morgan fingerprint density at radius 3 is 0.660 bits per heavy atom. The molecular formula is C62H42Al2F30N2O. The minimum atomic E-state index is -5.96. The van der Waals surface area contributed by atoms with Gasteiger partial charge in [0.1, 0.15) is 11.6 Å². The molecule has 8 aromatic rings. The first kappa shape index (κ1) is 78.5. The lowest BCUT2D eigenvalue weighted by atomic mass is 10.0. The van der Waals surface area contributed by atoms with Crippen molar-refractivity contribution in [2.24, 2.45) is 0 Å². The van der Waals surface area contributed by atoms with E-state index in [-0.39, 0.29) is 0 Å². The van der Waals surface area contributed by atoms with Gasteiger partial charge in [-0.1, -0.05) is 96.8 Å². The molecule has 0 bridgehead atoms. The SMILES string of the molecule is CCCCCCCCCCCCCCCCCc1nc(-c2ccc(O)cc2)c[nH]1.Fc1c(F)c(F)[c]([Al]([c]2c(F)c(F)c(F)c(F)c2F)[c]2c(F)c(F)c(F)c(F)c2F)c(F)c1F.Fc1c(F)c(F)[c]([Al]([c]2c(F)c(F)c(F)c(F)c2F)[c]2c(F)c(F)c(F)c(F)c2F)c(F)c1F. The van der Waals surface area contributed by atoms with Crippen LogP contribution in [-0.2, 0) is 6.42 Å². The van der Waals surface area contributed by atoms with E-state index in [1.807, 2.05) is 18.3 Å². The van der Waals surface area contributed by atoms with Crippen molar-refractivity contribution in [1.82, 2.24) is 9.97 Å². The zero-order chi connectivity index (χ0) is 72.5. The predicted octanol–water partition coefficient (Wildman–Crippen LogP) is 16.8. The fourth-order valence-electron chi connectivity index (χ4n) is 10.1. The first-order valence-corrected chi connectivity index (χ1v) is 32.0. The molecule has 8 rings (SSSR count). The van der Waals surface area contributed by atoms with Gasteiger partial charge in [-0.05, 0) is 57.2 Å². The van der Waals surface area contributed by atoms with Crippen LogP contribution in [0.1, 0.15) is 109 Å². The van der Waals surface area contributed by atoms with Crippen LogP contribution in [0.5, 0.6) is 5.75 Å². The number of nitrogens with one attached hydrogen (secondary N) is 1. The first-order chi connectivity index (χ1) is 45.6. The third-order valence-electron chi connectivity index (χ3n) is 15.0. The average molecular weight is 1450 g/mol. The Hall–Kier alpha value is -7.49. The summed E-state index contributed by atoms with van der Waals surface area (Å²) in [5.41, 5.74) is 2.00. The van der Waals surface area contributed by atoms with Gasteiger partial charge in [0.05, 0.1) is 5.69 Å². The van der Waals surface area contributed by atoms with Gasteiger partial charge in [0.2, 0.25) is 0 Å². The largest absolute Gasteiger partial charge is 0.508 e. The lowest BCUT2D eigenvalue weighted by Crippen LogP contribution is -2.60. The number of hydrogen-bond donors (Lipinski definition) is 2. The van der Waals surface area contributed by atoms with E-state index in [1.165, 1.54) is 96.3 Å². The average Bonchev–Trinajstić information content (AvgIpc) is 1.05. The van der Waals surface area contributed by atoms with Crippen LogP contribution < -0.4 is 26.6 Å². The Labute approximate surface area is 537 Å². The van der Waals surface area contributed by atoms with Crippen molar-refractivity contribution in [3.8, 4) is 17.0 Å². The summed E-state index contributed by atoms with van der Waals surface area (Å²) in [5.74, 6) is -87.8. The van der Waals surface area contributed by atoms with Crippen molar-refractivity contribution in [2.75, 3.05) is 0 Å². The van der Waals surface area contributed by atoms with E-state index in [0.29, 0.717) is 5.75 Å². The summed E-state index contributed by atoms with van der Waals surface area (Å²) >= 11 is -11.9. The Bertz CT molecular complexity index is 3490. The molecule has 2 N–H and O–H groups in total. The van der Waals surface area contributed by atoms with Crippen molar-refractivity contribution in [1.29, 1.82) is 0 Å². The summed E-state index contributed by atoms with van der Waals surface area (Å²) in [7, 11) is 0. The number of H-pyrrole nitrogens is 1. The zero-order valence-corrected chi connectivity index (χ0v) is 51.4. The second-order valence-electron chi connectivity index (χ2n) is 21.2. The molecule has 0 unspecified atom stereocenters. The maximum absolute atomic E-state index is 14.4. The fraction of sp³-hybridized carbons (Fsp3) is 0.274. The van der Waals surface area contributed by atoms with Crippen LogP contribution in [0.4, 0.5) is 132 Å². The number of hydrogen-bond acceptors (Lipinski definition) is 2. The highest BCUT2D eigenvalue weighted by molar-refractivity contribution is 6.96. The van der Waals surface area contributed by atoms with Crippen molar-refractivity contribution in [3.63, 3.8) is 0 Å². The number of aromatic nitrogens is 2. The topological polar surface area (TPSA) is 48.9 Å². The molecule has 7 aromatic carbocycles. The molecule has 97 heavy (non-hydrogen) atoms. The second-order valence-corrected chi connectivity index (χ2v) is 26.4. The van der Waals surface area contributed by atoms with E-state index in [2.05, 4.69) is 16.9 Å². The van der Waals surface area contributed by atoms with E-state index in [1.54, 1.807) is 12.1 Å². The van der Waals surface area contributed by atoms with Crippen LogP contribution in [-0.4, -0.2) is 43.4 Å². The van der Waals surface area contributed by atoms with Crippen LogP contribution in [0.15, 0.2) is 30.5 Å². The Morgan fingerprint density at radius 1 is 0.268 bits per heavy atom. The number of imidazole rings is 1. The normalized spacial score (nSPS) is 11.3. The van der Waals surface area contributed by atoms with Gasteiger partial charge >= 0.3 is 28.3 Å². The molecule has 0 aliphatic carbocycles. The molecule has 0 aliphatic heterocycles. The van der Waals surface area contributed by atoms with Crippen LogP contribution in [0.2, 0.25) is 0 Å². The monoisotopic (exact) mass is 1450 g/mol. The number of rotatable bonds is 23. The van der Waals surface area contributed by atoms with E-state index < -0.39 is 229 Å². The third-order valence-corrected chi connectivity index (χ3v) is 21.5. The molecule has 0 saturated carbocycles. The number of aromatic amines is 1. The molecule has 0 radical (unpaired) electrons. The molecule has 1 heterocycles. The highest BCUT2D eigenvalue weighted by Gasteiger charge is 2.49. The summed E-state index contributed by atoms with van der Waals surface area (Å²) in [6.45, 7) is 2.29. The summed E-state index contributed by atoms with van der Waals surface area (Å²) in [6, 6.07) is 7.22. The molecule has 522 valence electrons. The molecule has 0 aliphatic rings. The molecule has 0 fully saturated rings. The van der Waals surface area contributed by atoms with Gasteiger partial charge in [0, 0.05) is 18.2 Å². The minimum absolute atomic E-state index is 0.294. The molecule has 0 amide bonds. The van der Waals surface area contributed by atoms with Crippen molar-refractivity contribution in [2.45, 2.75) is 110 Å². The fourth-order valence-corrected chi connectivity index (χ4v) is 16.3. The molecule has 35 heteroatoms. The Morgan fingerprint density at radius 2 is 0.454 bits per heavy atom. The maximum Gasteiger partial charge on any atom is 0.413 e. The van der Waals surface area contributed by atoms with Gasteiger partial charge in [-0.3, -0.25) is 0 Å². The number of aryl methyl sites for hydroxylation is 1. The number of phenols is 1. The molecular weight excluding hydrogens is 1410 g/mol. The molecule has 0 spiro atoms. The number of unbranched alkanes of at least 4 members (excludes halogenated alkanes) is 14. The molecule has 3 nitrogen and oxygen atoms in total.